The molecule has 49 heavy (non-hydrogen) atoms. The van der Waals surface area contributed by atoms with Crippen LogP contribution in [0.15, 0.2) is 94.6 Å². The van der Waals surface area contributed by atoms with Crippen molar-refractivity contribution in [2.24, 2.45) is 14.1 Å². The van der Waals surface area contributed by atoms with Gasteiger partial charge in [0.05, 0.1) is 22.2 Å². The summed E-state index contributed by atoms with van der Waals surface area (Å²) in [5, 5.41) is 1.90. The summed E-state index contributed by atoms with van der Waals surface area (Å²) in [5.74, 6) is -0.665. The van der Waals surface area contributed by atoms with E-state index in [1.165, 1.54) is 0 Å². The predicted octanol–water partition coefficient (Wildman–Crippen LogP) is 7.00. The van der Waals surface area contributed by atoms with E-state index in [1.807, 2.05) is 38.6 Å². The summed E-state index contributed by atoms with van der Waals surface area (Å²) in [4.78, 5) is 3.18. The number of fused-ring (bicyclic) bond motifs is 2. The minimum absolute atomic E-state index is 0.253. The lowest BCUT2D eigenvalue weighted by molar-refractivity contribution is -0.668. The Balaban J connectivity index is 1.40. The number of hydrogen-bond donors (Lipinski definition) is 2. The third-order valence-electron chi connectivity index (χ3n) is 8.53. The third-order valence-corrected chi connectivity index (χ3v) is 12.4. The van der Waals surface area contributed by atoms with Crippen LogP contribution in [0.4, 0.5) is 5.69 Å². The van der Waals surface area contributed by atoms with E-state index in [0.29, 0.717) is 19.5 Å². The SMILES string of the molecule is CCC(=Cc1sc2ccc(-c3cccn3C)cc2[n+]1CCCS(=O)(=O)O)C=C1Sc2ccc(-c3cccn3C)cc2N1CCCS(=O)(=O)O. The fourth-order valence-electron chi connectivity index (χ4n) is 6.09. The van der Waals surface area contributed by atoms with E-state index < -0.39 is 20.2 Å². The fourth-order valence-corrected chi connectivity index (χ4v) is 9.37. The van der Waals surface area contributed by atoms with Crippen molar-refractivity contribution in [2.45, 2.75) is 37.6 Å². The molecular formula is C35H39N4O6S4+. The maximum Gasteiger partial charge on any atom is 0.265 e. The first-order valence-corrected chi connectivity index (χ1v) is 20.8. The van der Waals surface area contributed by atoms with Gasteiger partial charge in [0.2, 0.25) is 5.52 Å². The highest BCUT2D eigenvalue weighted by Crippen LogP contribution is 2.48. The third kappa shape index (κ3) is 8.22. The molecule has 10 nitrogen and oxygen atoms in total. The number of nitrogens with zero attached hydrogens (tertiary/aromatic N) is 4. The Hall–Kier alpha value is -3.66. The summed E-state index contributed by atoms with van der Waals surface area (Å²) in [7, 11) is -4.22. The largest absolute Gasteiger partial charge is 0.351 e. The van der Waals surface area contributed by atoms with Crippen molar-refractivity contribution in [3.63, 3.8) is 0 Å². The van der Waals surface area contributed by atoms with E-state index in [2.05, 4.69) is 86.2 Å². The van der Waals surface area contributed by atoms with Gasteiger partial charge in [-0.2, -0.15) is 21.4 Å². The first kappa shape index (κ1) is 35.2. The highest BCUT2D eigenvalue weighted by molar-refractivity contribution is 8.03. The molecule has 14 heteroatoms. The Bertz CT molecular complexity index is 2300. The van der Waals surface area contributed by atoms with Crippen LogP contribution in [0.1, 0.15) is 31.2 Å². The molecule has 3 aromatic heterocycles. The second-order valence-electron chi connectivity index (χ2n) is 12.1. The molecule has 258 valence electrons. The second kappa shape index (κ2) is 14.3. The highest BCUT2D eigenvalue weighted by Gasteiger charge is 2.27. The maximum atomic E-state index is 11.6. The van der Waals surface area contributed by atoms with Crippen molar-refractivity contribution < 1.29 is 30.5 Å². The van der Waals surface area contributed by atoms with Gasteiger partial charge in [-0.1, -0.05) is 42.2 Å². The first-order valence-electron chi connectivity index (χ1n) is 15.9. The number of benzene rings is 2. The molecule has 0 aliphatic carbocycles. The van der Waals surface area contributed by atoms with E-state index in [0.717, 1.165) is 58.9 Å². The van der Waals surface area contributed by atoms with Crippen molar-refractivity contribution in [1.82, 2.24) is 9.13 Å². The van der Waals surface area contributed by atoms with E-state index in [1.54, 1.807) is 23.1 Å². The molecule has 0 spiro atoms. The van der Waals surface area contributed by atoms with Crippen LogP contribution in [-0.4, -0.2) is 53.1 Å². The molecule has 0 unspecified atom stereocenters. The van der Waals surface area contributed by atoms with Crippen molar-refractivity contribution >= 4 is 65.3 Å². The summed E-state index contributed by atoms with van der Waals surface area (Å²) >= 11 is 3.24. The van der Waals surface area contributed by atoms with Gasteiger partial charge >= 0.3 is 0 Å². The van der Waals surface area contributed by atoms with Crippen molar-refractivity contribution in [2.75, 3.05) is 23.0 Å². The molecule has 2 aromatic carbocycles. The maximum absolute atomic E-state index is 11.6. The molecule has 1 aliphatic heterocycles. The van der Waals surface area contributed by atoms with E-state index in [-0.39, 0.29) is 24.3 Å². The molecule has 1 aliphatic rings. The summed E-state index contributed by atoms with van der Waals surface area (Å²) in [6.45, 7) is 2.88. The molecule has 0 bridgehead atoms. The van der Waals surface area contributed by atoms with Gasteiger partial charge in [-0.15, -0.1) is 0 Å². The lowest BCUT2D eigenvalue weighted by Crippen LogP contribution is -2.36. The zero-order valence-electron chi connectivity index (χ0n) is 27.5. The van der Waals surface area contributed by atoms with Crippen LogP contribution in [-0.2, 0) is 40.9 Å². The number of allylic oxidation sites excluding steroid dienone is 2. The average molecular weight is 740 g/mol. The zero-order valence-corrected chi connectivity index (χ0v) is 30.7. The van der Waals surface area contributed by atoms with Gasteiger partial charge in [0.25, 0.3) is 25.2 Å². The number of aryl methyl sites for hydroxylation is 3. The minimum Gasteiger partial charge on any atom is -0.351 e. The summed E-state index contributed by atoms with van der Waals surface area (Å²) < 4.78 is 72.6. The fraction of sp³-hybridized carbons (Fsp3) is 0.286. The number of hydrogen-bond acceptors (Lipinski definition) is 7. The quantitative estimate of drug-likeness (QED) is 0.0977. The number of thiazole rings is 1. The zero-order chi connectivity index (χ0) is 34.9. The Morgan fingerprint density at radius 2 is 1.49 bits per heavy atom. The van der Waals surface area contributed by atoms with Crippen LogP contribution in [0.5, 0.6) is 0 Å². The molecule has 0 atom stereocenters. The van der Waals surface area contributed by atoms with Gasteiger partial charge in [0.15, 0.2) is 6.54 Å². The average Bonchev–Trinajstić information content (AvgIpc) is 3.81. The Labute approximate surface area is 295 Å². The number of rotatable bonds is 13. The first-order chi connectivity index (χ1) is 23.3. The highest BCUT2D eigenvalue weighted by atomic mass is 32.2. The van der Waals surface area contributed by atoms with Gasteiger partial charge in [-0.3, -0.25) is 9.11 Å². The summed E-state index contributed by atoms with van der Waals surface area (Å²) in [5.41, 5.74) is 7.23. The molecule has 0 saturated heterocycles. The summed E-state index contributed by atoms with van der Waals surface area (Å²) in [6.07, 6.45) is 9.46. The Kier molecular flexibility index (Phi) is 10.3. The molecule has 0 amide bonds. The topological polar surface area (TPSA) is 126 Å². The predicted molar refractivity (Wildman–Crippen MR) is 199 cm³/mol. The Morgan fingerprint density at radius 3 is 2.10 bits per heavy atom. The minimum atomic E-state index is -4.11. The van der Waals surface area contributed by atoms with Gasteiger partial charge in [0.1, 0.15) is 4.70 Å². The van der Waals surface area contributed by atoms with Crippen LogP contribution >= 0.6 is 23.1 Å². The van der Waals surface area contributed by atoms with Crippen LogP contribution in [0.3, 0.4) is 0 Å². The summed E-state index contributed by atoms with van der Waals surface area (Å²) in [6, 6.07) is 20.7. The van der Waals surface area contributed by atoms with E-state index in [4.69, 9.17) is 0 Å². The molecule has 0 saturated carbocycles. The second-order valence-corrected chi connectivity index (χ2v) is 17.3. The molecule has 5 aromatic rings. The monoisotopic (exact) mass is 739 g/mol. The van der Waals surface area contributed by atoms with Crippen LogP contribution < -0.4 is 9.47 Å². The van der Waals surface area contributed by atoms with Gasteiger partial charge in [0, 0.05) is 79.0 Å². The lowest BCUT2D eigenvalue weighted by Gasteiger charge is -2.21. The smallest absolute Gasteiger partial charge is 0.265 e. The van der Waals surface area contributed by atoms with Gasteiger partial charge in [-0.25, -0.2) is 0 Å². The normalized spacial score (nSPS) is 14.8. The van der Waals surface area contributed by atoms with Gasteiger partial charge in [-0.05, 0) is 67.0 Å². The molecule has 2 N–H and O–H groups in total. The van der Waals surface area contributed by atoms with Crippen molar-refractivity contribution in [1.29, 1.82) is 0 Å². The molecule has 0 fully saturated rings. The lowest BCUT2D eigenvalue weighted by atomic mass is 10.1. The van der Waals surface area contributed by atoms with E-state index in [9.17, 15) is 25.9 Å². The standard InChI is InChI=1S/C35H38N4O6S4/c1-4-25(21-34-38(17-7-19-48(40,41)42)30-23-26(11-13-32(30)46-34)28-9-5-15-36(28)2)22-35-39(18-8-20-49(43,44)45)31-24-27(12-14-33(31)47-35)29-10-6-16-37(29)3/h5-6,9-16,21-24H,4,7-8,17-20H2,1-3H3,(H-,40,41,42,43,44,45)/p+1. The number of aromatic nitrogens is 3. The molecular weight excluding hydrogens is 701 g/mol. The van der Waals surface area contributed by atoms with Crippen LogP contribution in [0, 0.1) is 0 Å². The van der Waals surface area contributed by atoms with Crippen LogP contribution in [0.2, 0.25) is 0 Å². The number of anilines is 1. The number of thioether (sulfide) groups is 1. The van der Waals surface area contributed by atoms with E-state index >= 15 is 0 Å². The molecule has 4 heterocycles. The van der Waals surface area contributed by atoms with Crippen LogP contribution in [0.25, 0.3) is 38.8 Å². The Morgan fingerprint density at radius 1 is 0.857 bits per heavy atom. The van der Waals surface area contributed by atoms with Crippen molar-refractivity contribution in [3.05, 3.63) is 94.7 Å². The molecule has 0 radical (unpaired) electrons. The van der Waals surface area contributed by atoms with Gasteiger partial charge < -0.3 is 14.0 Å². The van der Waals surface area contributed by atoms with Crippen molar-refractivity contribution in [3.8, 4) is 22.5 Å². The molecule has 6 rings (SSSR count).